The second-order valence-electron chi connectivity index (χ2n) is 8.25. The third-order valence-electron chi connectivity index (χ3n) is 6.03. The lowest BCUT2D eigenvalue weighted by Gasteiger charge is -2.13. The molecule has 0 aliphatic carbocycles. The van der Waals surface area contributed by atoms with Gasteiger partial charge in [-0.2, -0.15) is 10.5 Å². The highest BCUT2D eigenvalue weighted by Gasteiger charge is 2.22. The van der Waals surface area contributed by atoms with E-state index in [-0.39, 0.29) is 16.9 Å². The van der Waals surface area contributed by atoms with Gasteiger partial charge in [-0.1, -0.05) is 54.2 Å². The minimum Gasteiger partial charge on any atom is -0.497 e. The molecule has 0 radical (unpaired) electrons. The highest BCUT2D eigenvalue weighted by atomic mass is 32.2. The summed E-state index contributed by atoms with van der Waals surface area (Å²) >= 11 is 1.33. The number of hydrogen-bond acceptors (Lipinski definition) is 8. The molecule has 0 amide bonds. The van der Waals surface area contributed by atoms with E-state index >= 15 is 0 Å². The molecule has 0 saturated carbocycles. The first-order valence-electron chi connectivity index (χ1n) is 11.4. The van der Waals surface area contributed by atoms with Gasteiger partial charge in [0.25, 0.3) is 0 Å². The maximum atomic E-state index is 10.1. The summed E-state index contributed by atoms with van der Waals surface area (Å²) in [6.07, 6.45) is 0. The van der Waals surface area contributed by atoms with E-state index in [0.717, 1.165) is 22.0 Å². The number of methoxy groups -OCH3 is 1. The Bertz CT molecular complexity index is 1710. The van der Waals surface area contributed by atoms with Crippen molar-refractivity contribution in [3.63, 3.8) is 0 Å². The van der Waals surface area contributed by atoms with Crippen LogP contribution < -0.4 is 10.5 Å². The molecule has 7 nitrogen and oxygen atoms in total. The number of rotatable bonds is 6. The second kappa shape index (κ2) is 10.1. The minimum atomic E-state index is 0.0727. The Hall–Kier alpha value is -4.79. The zero-order valence-electron chi connectivity index (χ0n) is 20.1. The van der Waals surface area contributed by atoms with Crippen LogP contribution in [0.25, 0.3) is 33.4 Å². The number of anilines is 1. The van der Waals surface area contributed by atoms with E-state index in [1.807, 2.05) is 31.2 Å². The lowest BCUT2D eigenvalue weighted by Crippen LogP contribution is -2.03. The van der Waals surface area contributed by atoms with Crippen LogP contribution in [0.4, 0.5) is 5.82 Å². The van der Waals surface area contributed by atoms with Gasteiger partial charge in [0.1, 0.15) is 40.1 Å². The maximum absolute atomic E-state index is 10.1. The Balaban J connectivity index is 1.48. The van der Waals surface area contributed by atoms with Gasteiger partial charge in [0.05, 0.1) is 18.4 Å². The van der Waals surface area contributed by atoms with Crippen LogP contribution in [0.1, 0.15) is 22.6 Å². The van der Waals surface area contributed by atoms with E-state index in [2.05, 4.69) is 35.3 Å². The number of aromatic nitrogens is 2. The molecule has 37 heavy (non-hydrogen) atoms. The number of ether oxygens (including phenoxy) is 1. The largest absolute Gasteiger partial charge is 0.497 e. The lowest BCUT2D eigenvalue weighted by molar-refractivity contribution is 0.415. The summed E-state index contributed by atoms with van der Waals surface area (Å²) in [5.74, 6) is 2.37. The highest BCUT2D eigenvalue weighted by Crippen LogP contribution is 2.37. The molecule has 5 rings (SSSR count). The number of nitrogens with two attached hydrogens (primary N) is 1. The van der Waals surface area contributed by atoms with Gasteiger partial charge in [0, 0.05) is 16.9 Å². The zero-order valence-corrected chi connectivity index (χ0v) is 21.0. The fourth-order valence-corrected chi connectivity index (χ4v) is 5.09. The Labute approximate surface area is 218 Å². The van der Waals surface area contributed by atoms with Gasteiger partial charge in [-0.05, 0) is 47.5 Å². The summed E-state index contributed by atoms with van der Waals surface area (Å²) in [4.78, 5) is 9.11. The number of nitrogens with zero attached hydrogens (tertiary/aromatic N) is 4. The number of nitriles is 2. The monoisotopic (exact) mass is 503 g/mol. The Morgan fingerprint density at radius 1 is 0.919 bits per heavy atom. The molecule has 3 aromatic carbocycles. The van der Waals surface area contributed by atoms with Crippen LogP contribution in [-0.2, 0) is 5.75 Å². The first kappa shape index (κ1) is 23.9. The fraction of sp³-hybridized carbons (Fsp3) is 0.103. The summed E-state index contributed by atoms with van der Waals surface area (Å²) < 4.78 is 11.2. The third kappa shape index (κ3) is 4.58. The predicted molar refractivity (Wildman–Crippen MR) is 144 cm³/mol. The van der Waals surface area contributed by atoms with Crippen LogP contribution in [0.15, 0.2) is 76.2 Å². The smallest absolute Gasteiger partial charge is 0.226 e. The number of pyridine rings is 1. The number of benzene rings is 3. The van der Waals surface area contributed by atoms with Crippen molar-refractivity contribution in [2.24, 2.45) is 0 Å². The van der Waals surface area contributed by atoms with E-state index in [9.17, 15) is 10.5 Å². The van der Waals surface area contributed by atoms with Crippen molar-refractivity contribution < 1.29 is 9.15 Å². The molecule has 2 N–H and O–H groups in total. The molecule has 0 atom stereocenters. The number of oxazole rings is 1. The van der Waals surface area contributed by atoms with Gasteiger partial charge in [-0.25, -0.2) is 9.97 Å². The number of aryl methyl sites for hydroxylation is 1. The van der Waals surface area contributed by atoms with Crippen LogP contribution in [0.2, 0.25) is 0 Å². The average Bonchev–Trinajstić information content (AvgIpc) is 3.31. The predicted octanol–water partition coefficient (Wildman–Crippen LogP) is 6.49. The van der Waals surface area contributed by atoms with E-state index in [0.29, 0.717) is 39.3 Å². The van der Waals surface area contributed by atoms with E-state index in [1.165, 1.54) is 11.8 Å². The molecule has 2 aromatic heterocycles. The Morgan fingerprint density at radius 2 is 1.62 bits per heavy atom. The first-order chi connectivity index (χ1) is 18.0. The quantitative estimate of drug-likeness (QED) is 0.261. The van der Waals surface area contributed by atoms with Crippen molar-refractivity contribution >= 4 is 28.4 Å². The van der Waals surface area contributed by atoms with Crippen molar-refractivity contribution in [2.75, 3.05) is 12.8 Å². The molecule has 0 spiro atoms. The first-order valence-corrected chi connectivity index (χ1v) is 12.4. The molecular weight excluding hydrogens is 482 g/mol. The van der Waals surface area contributed by atoms with Crippen molar-refractivity contribution in [3.05, 3.63) is 89.3 Å². The fourth-order valence-electron chi connectivity index (χ4n) is 4.09. The summed E-state index contributed by atoms with van der Waals surface area (Å²) in [5, 5.41) is 22.5. The summed E-state index contributed by atoms with van der Waals surface area (Å²) in [6, 6.07) is 25.7. The van der Waals surface area contributed by atoms with E-state index < -0.39 is 0 Å². The van der Waals surface area contributed by atoms with Crippen LogP contribution in [0, 0.1) is 29.6 Å². The standard InChI is InChI=1S/C29H21N5O2S/c1-17-25(33-28(36-17)21-8-7-18-5-3-4-6-20(18)13-21)16-37-29-24(15-31)26(23(14-30)27(32)34-29)19-9-11-22(35-2)12-10-19/h3-13H,16H2,1-2H3,(H2,32,34). The second-order valence-corrected chi connectivity index (χ2v) is 9.22. The van der Waals surface area contributed by atoms with Crippen LogP contribution in [0.5, 0.6) is 5.75 Å². The SMILES string of the molecule is COc1ccc(-c2c(C#N)c(N)nc(SCc3nc(-c4ccc5ccccc5c4)oc3C)c2C#N)cc1. The van der Waals surface area contributed by atoms with Gasteiger partial charge in [0.2, 0.25) is 5.89 Å². The maximum Gasteiger partial charge on any atom is 0.226 e. The summed E-state index contributed by atoms with van der Waals surface area (Å²) in [5.41, 5.74) is 9.38. The van der Waals surface area contributed by atoms with Crippen LogP contribution in [-0.4, -0.2) is 17.1 Å². The third-order valence-corrected chi connectivity index (χ3v) is 7.02. The topological polar surface area (TPSA) is 122 Å². The Kier molecular flexibility index (Phi) is 6.51. The van der Waals surface area contributed by atoms with Gasteiger partial charge in [0.15, 0.2) is 0 Å². The van der Waals surface area contributed by atoms with Gasteiger partial charge < -0.3 is 14.9 Å². The van der Waals surface area contributed by atoms with Crippen molar-refractivity contribution in [3.8, 4) is 40.5 Å². The molecule has 180 valence electrons. The van der Waals surface area contributed by atoms with Crippen LogP contribution in [0.3, 0.4) is 0 Å². The highest BCUT2D eigenvalue weighted by molar-refractivity contribution is 7.98. The van der Waals surface area contributed by atoms with Gasteiger partial charge in [-0.15, -0.1) is 0 Å². The number of hydrogen-bond donors (Lipinski definition) is 1. The minimum absolute atomic E-state index is 0.0727. The normalized spacial score (nSPS) is 10.7. The zero-order chi connectivity index (χ0) is 25.9. The van der Waals surface area contributed by atoms with Crippen molar-refractivity contribution in [1.29, 1.82) is 10.5 Å². The number of thioether (sulfide) groups is 1. The Morgan fingerprint density at radius 3 is 2.32 bits per heavy atom. The van der Waals surface area contributed by atoms with Gasteiger partial charge >= 0.3 is 0 Å². The summed E-state index contributed by atoms with van der Waals surface area (Å²) in [7, 11) is 1.58. The molecule has 0 bridgehead atoms. The van der Waals surface area contributed by atoms with E-state index in [4.69, 9.17) is 19.9 Å². The van der Waals surface area contributed by atoms with Crippen LogP contribution >= 0.6 is 11.8 Å². The molecule has 0 fully saturated rings. The molecule has 8 heteroatoms. The van der Waals surface area contributed by atoms with Crippen molar-refractivity contribution in [2.45, 2.75) is 17.7 Å². The molecule has 5 aromatic rings. The molecule has 0 aliphatic heterocycles. The molecule has 0 saturated heterocycles. The molecule has 0 unspecified atom stereocenters. The number of fused-ring (bicyclic) bond motifs is 1. The van der Waals surface area contributed by atoms with E-state index in [1.54, 1.807) is 31.4 Å². The summed E-state index contributed by atoms with van der Waals surface area (Å²) in [6.45, 7) is 1.86. The van der Waals surface area contributed by atoms with Crippen molar-refractivity contribution in [1.82, 2.24) is 9.97 Å². The molecule has 2 heterocycles. The van der Waals surface area contributed by atoms with Gasteiger partial charge in [-0.3, -0.25) is 0 Å². The number of nitrogen functional groups attached to an aromatic ring is 1. The lowest BCUT2D eigenvalue weighted by atomic mass is 9.97. The average molecular weight is 504 g/mol. The molecule has 0 aliphatic rings. The molecular formula is C29H21N5O2S.